The molecule has 0 atom stereocenters. The molecule has 2 aromatic rings. The van der Waals surface area contributed by atoms with Gasteiger partial charge in [-0.2, -0.15) is 0 Å². The molecule has 0 aliphatic rings. The van der Waals surface area contributed by atoms with E-state index in [0.29, 0.717) is 5.56 Å². The number of nitrogens with zero attached hydrogens (tertiary/aromatic N) is 4. The third-order valence-electron chi connectivity index (χ3n) is 2.53. The van der Waals surface area contributed by atoms with E-state index in [4.69, 9.17) is 9.95 Å². The predicted molar refractivity (Wildman–Crippen MR) is 73.8 cm³/mol. The molecule has 104 valence electrons. The summed E-state index contributed by atoms with van der Waals surface area (Å²) in [6.45, 7) is 0. The number of hydrogen-bond acceptors (Lipinski definition) is 4. The van der Waals surface area contributed by atoms with Crippen LogP contribution < -0.4 is 0 Å². The number of azide groups is 1. The Morgan fingerprint density at radius 3 is 2.57 bits per heavy atom. The summed E-state index contributed by atoms with van der Waals surface area (Å²) in [7, 11) is 0. The highest BCUT2D eigenvalue weighted by molar-refractivity contribution is 6.24. The van der Waals surface area contributed by atoms with Crippen LogP contribution in [0, 0.1) is 10.1 Å². The molecule has 1 aromatic heterocycles. The highest BCUT2D eigenvalue weighted by atomic mass is 16.6. The number of nitro groups is 1. The van der Waals surface area contributed by atoms with Crippen LogP contribution in [-0.2, 0) is 4.79 Å². The fourth-order valence-corrected chi connectivity index (χ4v) is 1.64. The Balaban J connectivity index is 2.48. The molecule has 2 rings (SSSR count). The number of rotatable bonds is 4. The quantitative estimate of drug-likeness (QED) is 0.212. The molecule has 0 spiro atoms. The molecule has 1 heterocycles. The lowest BCUT2D eigenvalue weighted by Gasteiger charge is -2.02. The second-order valence-corrected chi connectivity index (χ2v) is 3.85. The van der Waals surface area contributed by atoms with Crippen LogP contribution in [0.15, 0.2) is 52.0 Å². The van der Waals surface area contributed by atoms with E-state index in [0.717, 1.165) is 0 Å². The van der Waals surface area contributed by atoms with E-state index in [1.165, 1.54) is 18.2 Å². The Hall–Kier alpha value is -3.38. The molecule has 0 radical (unpaired) electrons. The predicted octanol–water partition coefficient (Wildman–Crippen LogP) is 3.57. The molecule has 0 aliphatic heterocycles. The third kappa shape index (κ3) is 3.34. The molecule has 0 aliphatic carbocycles. The van der Waals surface area contributed by atoms with Crippen molar-refractivity contribution < 1.29 is 14.1 Å². The number of benzene rings is 1. The second kappa shape index (κ2) is 6.18. The molecule has 8 heteroatoms. The largest absolute Gasteiger partial charge is 0.433 e. The normalized spacial score (nSPS) is 10.8. The Bertz CT molecular complexity index is 757. The van der Waals surface area contributed by atoms with E-state index in [9.17, 15) is 14.9 Å². The number of furan rings is 1. The molecule has 0 N–H and O–H groups in total. The van der Waals surface area contributed by atoms with Crippen LogP contribution in [0.3, 0.4) is 0 Å². The molecule has 8 nitrogen and oxygen atoms in total. The van der Waals surface area contributed by atoms with Crippen molar-refractivity contribution in [2.24, 2.45) is 5.11 Å². The average molecular weight is 284 g/mol. The summed E-state index contributed by atoms with van der Waals surface area (Å²) < 4.78 is 4.96. The first-order valence-corrected chi connectivity index (χ1v) is 5.72. The zero-order valence-corrected chi connectivity index (χ0v) is 10.5. The molecule has 0 fully saturated rings. The van der Waals surface area contributed by atoms with Crippen LogP contribution in [0.1, 0.15) is 11.3 Å². The summed E-state index contributed by atoms with van der Waals surface area (Å²) in [6, 6.07) is 11.0. The fraction of sp³-hybridized carbons (Fsp3) is 0. The van der Waals surface area contributed by atoms with Crippen LogP contribution in [0.25, 0.3) is 22.1 Å². The van der Waals surface area contributed by atoms with Crippen molar-refractivity contribution in [2.45, 2.75) is 0 Å². The van der Waals surface area contributed by atoms with Gasteiger partial charge in [0.05, 0.1) is 6.07 Å². The molecular weight excluding hydrogens is 276 g/mol. The van der Waals surface area contributed by atoms with Gasteiger partial charge in [0.15, 0.2) is 0 Å². The monoisotopic (exact) mass is 284 g/mol. The van der Waals surface area contributed by atoms with Crippen LogP contribution >= 0.6 is 0 Å². The zero-order valence-electron chi connectivity index (χ0n) is 10.5. The van der Waals surface area contributed by atoms with E-state index in [1.807, 2.05) is 0 Å². The molecule has 0 saturated heterocycles. The minimum absolute atomic E-state index is 0.0812. The van der Waals surface area contributed by atoms with Crippen molar-refractivity contribution in [3.8, 4) is 0 Å². The van der Waals surface area contributed by atoms with Crippen molar-refractivity contribution in [3.63, 3.8) is 0 Å². The highest BCUT2D eigenvalue weighted by Gasteiger charge is 2.14. The smallest absolute Gasteiger partial charge is 0.401 e. The maximum atomic E-state index is 11.8. The van der Waals surface area contributed by atoms with Crippen molar-refractivity contribution in [3.05, 3.63) is 74.3 Å². The van der Waals surface area contributed by atoms with Crippen LogP contribution in [-0.4, -0.2) is 10.8 Å². The van der Waals surface area contributed by atoms with Crippen molar-refractivity contribution in [1.29, 1.82) is 0 Å². The number of hydrogen-bond donors (Lipinski definition) is 0. The van der Waals surface area contributed by atoms with Gasteiger partial charge in [0.25, 0.3) is 0 Å². The Morgan fingerprint density at radius 2 is 2.00 bits per heavy atom. The molecular formula is C13H8N4O4. The van der Waals surface area contributed by atoms with E-state index >= 15 is 0 Å². The first kappa shape index (κ1) is 14.0. The minimum Gasteiger partial charge on any atom is -0.401 e. The van der Waals surface area contributed by atoms with Crippen molar-refractivity contribution >= 4 is 23.4 Å². The second-order valence-electron chi connectivity index (χ2n) is 3.85. The molecule has 0 saturated carbocycles. The van der Waals surface area contributed by atoms with Gasteiger partial charge in [-0.15, -0.1) is 0 Å². The lowest BCUT2D eigenvalue weighted by Crippen LogP contribution is -1.96. The van der Waals surface area contributed by atoms with Crippen LogP contribution in [0.2, 0.25) is 0 Å². The molecule has 0 unspecified atom stereocenters. The van der Waals surface area contributed by atoms with Crippen molar-refractivity contribution in [2.75, 3.05) is 0 Å². The fourth-order valence-electron chi connectivity index (χ4n) is 1.64. The van der Waals surface area contributed by atoms with Crippen LogP contribution in [0.4, 0.5) is 5.88 Å². The van der Waals surface area contributed by atoms with Gasteiger partial charge < -0.3 is 4.42 Å². The summed E-state index contributed by atoms with van der Waals surface area (Å²) in [5.41, 5.74) is 8.96. The Morgan fingerprint density at radius 1 is 1.29 bits per heavy atom. The topological polar surface area (TPSA) is 122 Å². The Kier molecular flexibility index (Phi) is 4.13. The van der Waals surface area contributed by atoms with Gasteiger partial charge in [-0.05, 0) is 28.4 Å². The molecule has 0 bridgehead atoms. The zero-order chi connectivity index (χ0) is 15.2. The summed E-state index contributed by atoms with van der Waals surface area (Å²) >= 11 is 0. The summed E-state index contributed by atoms with van der Waals surface area (Å²) in [6.07, 6.45) is 1.29. The van der Waals surface area contributed by atoms with E-state index in [2.05, 4.69) is 10.0 Å². The van der Waals surface area contributed by atoms with E-state index < -0.39 is 16.7 Å². The Labute approximate surface area is 118 Å². The first-order chi connectivity index (χ1) is 10.1. The maximum Gasteiger partial charge on any atom is 0.433 e. The summed E-state index contributed by atoms with van der Waals surface area (Å²) in [5.74, 6) is -1.13. The lowest BCUT2D eigenvalue weighted by atomic mass is 10.0. The minimum atomic E-state index is -0.803. The van der Waals surface area contributed by atoms with Gasteiger partial charge in [0.1, 0.15) is 10.7 Å². The van der Waals surface area contributed by atoms with Gasteiger partial charge in [-0.3, -0.25) is 14.9 Å². The molecule has 21 heavy (non-hydrogen) atoms. The van der Waals surface area contributed by atoms with Crippen molar-refractivity contribution in [1.82, 2.24) is 0 Å². The van der Waals surface area contributed by atoms with Gasteiger partial charge >= 0.3 is 5.88 Å². The average Bonchev–Trinajstić information content (AvgIpc) is 2.95. The highest BCUT2D eigenvalue weighted by Crippen LogP contribution is 2.23. The van der Waals surface area contributed by atoms with E-state index in [-0.39, 0.29) is 11.3 Å². The van der Waals surface area contributed by atoms with Gasteiger partial charge in [0, 0.05) is 10.5 Å². The summed E-state index contributed by atoms with van der Waals surface area (Å²) in [5, 5.41) is 13.6. The lowest BCUT2D eigenvalue weighted by molar-refractivity contribution is -0.402. The number of amides is 1. The standard InChI is InChI=1S/C13H8N4O4/c14-16-15-13(18)11(9-4-2-1-3-5-9)8-10-6-7-12(21-10)17(19)20/h1-8H/b11-8+. The molecule has 1 amide bonds. The summed E-state index contributed by atoms with van der Waals surface area (Å²) in [4.78, 5) is 24.2. The SMILES string of the molecule is [N-]=[N+]=NC(=O)/C(=C/c1ccc([N+](=O)[O-])o1)c1ccccc1. The van der Waals surface area contributed by atoms with Gasteiger partial charge in [0.2, 0.25) is 5.91 Å². The van der Waals surface area contributed by atoms with E-state index in [1.54, 1.807) is 30.3 Å². The van der Waals surface area contributed by atoms with Gasteiger partial charge in [-0.25, -0.2) is 0 Å². The first-order valence-electron chi connectivity index (χ1n) is 5.72. The number of carbonyl (C=O) groups is 1. The third-order valence-corrected chi connectivity index (χ3v) is 2.53. The van der Waals surface area contributed by atoms with Gasteiger partial charge in [-0.1, -0.05) is 30.3 Å². The number of carbonyl (C=O) groups excluding carboxylic acids is 1. The maximum absolute atomic E-state index is 11.8. The van der Waals surface area contributed by atoms with Crippen LogP contribution in [0.5, 0.6) is 0 Å². The molecule has 1 aromatic carbocycles.